The average Bonchev–Trinajstić information content (AvgIpc) is 3.17. The van der Waals surface area contributed by atoms with Gasteiger partial charge >= 0.3 is 12.1 Å². The second-order valence-corrected chi connectivity index (χ2v) is 6.90. The van der Waals surface area contributed by atoms with E-state index in [4.69, 9.17) is 9.47 Å². The third-order valence-corrected chi connectivity index (χ3v) is 5.04. The standard InChI is InChI=1S/C22H21N3O5/c1-29-17-9-7-16(8-10-17)25-19-11-12-24(13-18(19)20(23-25)21(26)27)22(28)30-14-15-5-3-2-4-6-15/h2-10H,11-14H2,1H3,(H,26,27). The fraction of sp³-hybridized carbons (Fsp3) is 0.227. The number of carbonyl (C=O) groups excluding carboxylic acids is 1. The van der Waals surface area contributed by atoms with Crippen LogP contribution in [0.1, 0.15) is 27.3 Å². The van der Waals surface area contributed by atoms with Gasteiger partial charge in [0.1, 0.15) is 12.4 Å². The Bertz CT molecular complexity index is 1060. The Morgan fingerprint density at radius 1 is 1.10 bits per heavy atom. The molecule has 1 aliphatic rings. The maximum atomic E-state index is 12.5. The molecule has 0 bridgehead atoms. The number of aromatic nitrogens is 2. The molecule has 1 amide bonds. The summed E-state index contributed by atoms with van der Waals surface area (Å²) in [4.78, 5) is 25.8. The van der Waals surface area contributed by atoms with E-state index in [0.717, 1.165) is 16.9 Å². The minimum Gasteiger partial charge on any atom is -0.497 e. The molecule has 4 rings (SSSR count). The van der Waals surface area contributed by atoms with Gasteiger partial charge in [-0.2, -0.15) is 5.10 Å². The number of benzene rings is 2. The molecule has 2 aromatic carbocycles. The Hall–Kier alpha value is -3.81. The van der Waals surface area contributed by atoms with Gasteiger partial charge in [-0.05, 0) is 29.8 Å². The molecule has 0 saturated carbocycles. The Morgan fingerprint density at radius 2 is 1.83 bits per heavy atom. The van der Waals surface area contributed by atoms with Gasteiger partial charge in [0, 0.05) is 18.5 Å². The van der Waals surface area contributed by atoms with Crippen molar-refractivity contribution in [3.05, 3.63) is 77.1 Å². The molecule has 0 fully saturated rings. The summed E-state index contributed by atoms with van der Waals surface area (Å²) < 4.78 is 12.2. The molecule has 0 atom stereocenters. The maximum Gasteiger partial charge on any atom is 0.410 e. The highest BCUT2D eigenvalue weighted by Gasteiger charge is 2.31. The number of hydrogen-bond acceptors (Lipinski definition) is 5. The summed E-state index contributed by atoms with van der Waals surface area (Å²) in [5, 5.41) is 13.9. The molecule has 1 aliphatic heterocycles. The third-order valence-electron chi connectivity index (χ3n) is 5.04. The van der Waals surface area contributed by atoms with Crippen LogP contribution in [0.3, 0.4) is 0 Å². The van der Waals surface area contributed by atoms with Crippen LogP contribution in [0.25, 0.3) is 5.69 Å². The van der Waals surface area contributed by atoms with E-state index in [2.05, 4.69) is 5.10 Å². The lowest BCUT2D eigenvalue weighted by Gasteiger charge is -2.27. The number of hydrogen-bond donors (Lipinski definition) is 1. The topological polar surface area (TPSA) is 93.9 Å². The molecule has 0 radical (unpaired) electrons. The highest BCUT2D eigenvalue weighted by atomic mass is 16.6. The van der Waals surface area contributed by atoms with Gasteiger partial charge in [0.25, 0.3) is 0 Å². The number of carboxylic acids is 1. The molecular formula is C22H21N3O5. The Morgan fingerprint density at radius 3 is 2.50 bits per heavy atom. The van der Waals surface area contributed by atoms with Gasteiger partial charge in [-0.15, -0.1) is 0 Å². The molecule has 0 spiro atoms. The third kappa shape index (κ3) is 3.84. The molecule has 8 heteroatoms. The first kappa shape index (κ1) is 19.5. The van der Waals surface area contributed by atoms with Crippen LogP contribution in [0, 0.1) is 0 Å². The second-order valence-electron chi connectivity index (χ2n) is 6.90. The van der Waals surface area contributed by atoms with Crippen LogP contribution >= 0.6 is 0 Å². The summed E-state index contributed by atoms with van der Waals surface area (Å²) in [5.74, 6) is -0.427. The van der Waals surface area contributed by atoms with Gasteiger partial charge in [0.15, 0.2) is 5.69 Å². The van der Waals surface area contributed by atoms with Crippen molar-refractivity contribution >= 4 is 12.1 Å². The van der Waals surface area contributed by atoms with Gasteiger partial charge in [0.05, 0.1) is 25.0 Å². The second kappa shape index (κ2) is 8.28. The molecule has 1 aromatic heterocycles. The van der Waals surface area contributed by atoms with Crippen molar-refractivity contribution in [1.82, 2.24) is 14.7 Å². The van der Waals surface area contributed by atoms with E-state index in [-0.39, 0.29) is 18.8 Å². The van der Waals surface area contributed by atoms with Crippen molar-refractivity contribution in [2.24, 2.45) is 0 Å². The minimum atomic E-state index is -1.13. The van der Waals surface area contributed by atoms with Crippen molar-refractivity contribution in [1.29, 1.82) is 0 Å². The summed E-state index contributed by atoms with van der Waals surface area (Å²) in [5.41, 5.74) is 2.88. The van der Waals surface area contributed by atoms with Crippen LogP contribution in [0.5, 0.6) is 5.75 Å². The van der Waals surface area contributed by atoms with Crippen molar-refractivity contribution in [2.45, 2.75) is 19.6 Å². The summed E-state index contributed by atoms with van der Waals surface area (Å²) in [7, 11) is 1.58. The van der Waals surface area contributed by atoms with E-state index >= 15 is 0 Å². The number of aromatic carboxylic acids is 1. The van der Waals surface area contributed by atoms with Crippen LogP contribution in [0.15, 0.2) is 54.6 Å². The Kier molecular flexibility index (Phi) is 5.38. The fourth-order valence-corrected chi connectivity index (χ4v) is 3.49. The Labute approximate surface area is 173 Å². The number of carbonyl (C=O) groups is 2. The zero-order chi connectivity index (χ0) is 21.1. The monoisotopic (exact) mass is 407 g/mol. The highest BCUT2D eigenvalue weighted by molar-refractivity contribution is 5.88. The van der Waals surface area contributed by atoms with Gasteiger partial charge in [0.2, 0.25) is 0 Å². The normalized spacial score (nSPS) is 12.9. The smallest absolute Gasteiger partial charge is 0.410 e. The van der Waals surface area contributed by atoms with E-state index in [1.165, 1.54) is 4.90 Å². The lowest BCUT2D eigenvalue weighted by Crippen LogP contribution is -2.37. The number of carboxylic acid groups (broad SMARTS) is 1. The molecule has 0 unspecified atom stereocenters. The quantitative estimate of drug-likeness (QED) is 0.698. The molecular weight excluding hydrogens is 386 g/mol. The van der Waals surface area contributed by atoms with E-state index in [9.17, 15) is 14.7 Å². The highest BCUT2D eigenvalue weighted by Crippen LogP contribution is 2.27. The largest absolute Gasteiger partial charge is 0.497 e. The van der Waals surface area contributed by atoms with Crippen molar-refractivity contribution in [2.75, 3.05) is 13.7 Å². The first-order valence-corrected chi connectivity index (χ1v) is 9.51. The number of fused-ring (bicyclic) bond motifs is 1. The first-order chi connectivity index (χ1) is 14.6. The van der Waals surface area contributed by atoms with Gasteiger partial charge in [-0.3, -0.25) is 0 Å². The van der Waals surface area contributed by atoms with Gasteiger partial charge in [-0.1, -0.05) is 30.3 Å². The van der Waals surface area contributed by atoms with E-state index in [0.29, 0.717) is 24.3 Å². The predicted octanol–water partition coefficient (Wildman–Crippen LogP) is 3.27. The summed E-state index contributed by atoms with van der Waals surface area (Å²) in [6, 6.07) is 16.6. The number of amides is 1. The summed E-state index contributed by atoms with van der Waals surface area (Å²) in [6.45, 7) is 0.724. The van der Waals surface area contributed by atoms with Crippen LogP contribution in [0.2, 0.25) is 0 Å². The summed E-state index contributed by atoms with van der Waals surface area (Å²) in [6.07, 6.45) is 0.000248. The maximum absolute atomic E-state index is 12.5. The van der Waals surface area contributed by atoms with Crippen LogP contribution < -0.4 is 4.74 Å². The zero-order valence-corrected chi connectivity index (χ0v) is 16.4. The van der Waals surface area contributed by atoms with E-state index < -0.39 is 12.1 Å². The lowest BCUT2D eigenvalue weighted by molar-refractivity contribution is 0.0682. The molecule has 0 aliphatic carbocycles. The molecule has 1 N–H and O–H groups in total. The van der Waals surface area contributed by atoms with Crippen LogP contribution in [-0.2, 0) is 24.3 Å². The van der Waals surface area contributed by atoms with Crippen LogP contribution in [-0.4, -0.2) is 45.5 Å². The van der Waals surface area contributed by atoms with Gasteiger partial charge < -0.3 is 19.5 Å². The number of nitrogens with zero attached hydrogens (tertiary/aromatic N) is 3. The predicted molar refractivity (Wildman–Crippen MR) is 108 cm³/mol. The molecule has 30 heavy (non-hydrogen) atoms. The number of methoxy groups -OCH3 is 1. The molecule has 8 nitrogen and oxygen atoms in total. The first-order valence-electron chi connectivity index (χ1n) is 9.51. The fourth-order valence-electron chi connectivity index (χ4n) is 3.49. The lowest BCUT2D eigenvalue weighted by atomic mass is 10.1. The van der Waals surface area contributed by atoms with Crippen molar-refractivity contribution in [3.8, 4) is 11.4 Å². The van der Waals surface area contributed by atoms with Crippen LogP contribution in [0.4, 0.5) is 4.79 Å². The van der Waals surface area contributed by atoms with Crippen molar-refractivity contribution in [3.63, 3.8) is 0 Å². The van der Waals surface area contributed by atoms with Gasteiger partial charge in [-0.25, -0.2) is 14.3 Å². The Balaban J connectivity index is 1.55. The molecule has 0 saturated heterocycles. The average molecular weight is 407 g/mol. The molecule has 2 heterocycles. The summed E-state index contributed by atoms with van der Waals surface area (Å²) >= 11 is 0. The minimum absolute atomic E-state index is 0.0543. The zero-order valence-electron chi connectivity index (χ0n) is 16.4. The SMILES string of the molecule is COc1ccc(-n2nc(C(=O)O)c3c2CCN(C(=O)OCc2ccccc2)C3)cc1. The van der Waals surface area contributed by atoms with Crippen molar-refractivity contribution < 1.29 is 24.2 Å². The number of rotatable bonds is 5. The number of ether oxygens (including phenoxy) is 2. The van der Waals surface area contributed by atoms with E-state index in [1.807, 2.05) is 42.5 Å². The molecule has 154 valence electrons. The van der Waals surface area contributed by atoms with E-state index in [1.54, 1.807) is 23.9 Å². The molecule has 3 aromatic rings.